The normalized spacial score (nSPS) is 19.2. The van der Waals surface area contributed by atoms with Crippen LogP contribution in [-0.2, 0) is 9.53 Å². The lowest BCUT2D eigenvalue weighted by Crippen LogP contribution is -2.20. The summed E-state index contributed by atoms with van der Waals surface area (Å²) in [6.45, 7) is 0. The lowest BCUT2D eigenvalue weighted by molar-refractivity contribution is -0.117. The van der Waals surface area contributed by atoms with Crippen LogP contribution in [0, 0.1) is 5.92 Å². The van der Waals surface area contributed by atoms with Crippen molar-refractivity contribution in [3.05, 3.63) is 42.4 Å². The molecular weight excluding hydrogens is 462 g/mol. The Balaban J connectivity index is 1.45. The van der Waals surface area contributed by atoms with E-state index in [4.69, 9.17) is 15.2 Å². The molecular formula is C25H29N7O4. The number of amides is 2. The van der Waals surface area contributed by atoms with E-state index >= 15 is 0 Å². The highest BCUT2D eigenvalue weighted by Gasteiger charge is 2.31. The Morgan fingerprint density at radius 3 is 2.67 bits per heavy atom. The molecule has 11 heteroatoms. The van der Waals surface area contributed by atoms with Crippen LogP contribution >= 0.6 is 0 Å². The number of rotatable bonds is 9. The molecule has 2 aliphatic carbocycles. The van der Waals surface area contributed by atoms with Gasteiger partial charge < -0.3 is 25.8 Å². The van der Waals surface area contributed by atoms with Crippen molar-refractivity contribution in [1.82, 2.24) is 20.0 Å². The van der Waals surface area contributed by atoms with E-state index in [1.165, 1.54) is 0 Å². The first kappa shape index (κ1) is 23.7. The molecule has 0 aliphatic heterocycles. The molecule has 0 saturated heterocycles. The Morgan fingerprint density at radius 1 is 1.11 bits per heavy atom. The number of carbonyl (C=O) groups excluding carboxylic acids is 2. The molecule has 2 aliphatic rings. The van der Waals surface area contributed by atoms with Crippen LogP contribution in [0.3, 0.4) is 0 Å². The SMILES string of the molecule is COc1c(Nc2cc(NC(=O)C3CC3)nnc2C(N)=O)cccc1-c1cnn([C@@H]2CCC[C@@H]2OC)c1. The van der Waals surface area contributed by atoms with Crippen molar-refractivity contribution < 1.29 is 19.1 Å². The zero-order valence-corrected chi connectivity index (χ0v) is 20.2. The smallest absolute Gasteiger partial charge is 0.271 e. The second kappa shape index (κ2) is 9.94. The molecule has 2 aromatic heterocycles. The predicted octanol–water partition coefficient (Wildman–Crippen LogP) is 3.28. The monoisotopic (exact) mass is 491 g/mol. The number of nitrogens with zero attached hydrogens (tertiary/aromatic N) is 4. The summed E-state index contributed by atoms with van der Waals surface area (Å²) in [7, 11) is 3.32. The minimum Gasteiger partial charge on any atom is -0.494 e. The van der Waals surface area contributed by atoms with Crippen LogP contribution in [0.2, 0.25) is 0 Å². The Morgan fingerprint density at radius 2 is 1.94 bits per heavy atom. The van der Waals surface area contributed by atoms with Crippen molar-refractivity contribution in [2.45, 2.75) is 44.2 Å². The molecule has 0 spiro atoms. The van der Waals surface area contributed by atoms with Gasteiger partial charge in [0.25, 0.3) is 5.91 Å². The van der Waals surface area contributed by atoms with Gasteiger partial charge in [0, 0.05) is 36.4 Å². The molecule has 1 aromatic carbocycles. The van der Waals surface area contributed by atoms with E-state index in [2.05, 4.69) is 25.9 Å². The second-order valence-electron chi connectivity index (χ2n) is 9.11. The largest absolute Gasteiger partial charge is 0.494 e. The van der Waals surface area contributed by atoms with Crippen molar-refractivity contribution in [3.63, 3.8) is 0 Å². The van der Waals surface area contributed by atoms with Gasteiger partial charge in [-0.05, 0) is 38.2 Å². The summed E-state index contributed by atoms with van der Waals surface area (Å²) in [6.07, 6.45) is 8.81. The third kappa shape index (κ3) is 4.74. The number of methoxy groups -OCH3 is 2. The number of anilines is 3. The fourth-order valence-corrected chi connectivity index (χ4v) is 4.67. The fraction of sp³-hybridized carbons (Fsp3) is 0.400. The van der Waals surface area contributed by atoms with E-state index in [1.807, 2.05) is 29.1 Å². The number of hydrogen-bond acceptors (Lipinski definition) is 8. The third-order valence-corrected chi connectivity index (χ3v) is 6.69. The summed E-state index contributed by atoms with van der Waals surface area (Å²) in [5.41, 5.74) is 8.09. The first-order chi connectivity index (χ1) is 17.5. The molecule has 2 amide bonds. The van der Waals surface area contributed by atoms with Gasteiger partial charge in [-0.15, -0.1) is 10.2 Å². The lowest BCUT2D eigenvalue weighted by atomic mass is 10.1. The summed E-state index contributed by atoms with van der Waals surface area (Å²) >= 11 is 0. The van der Waals surface area contributed by atoms with E-state index in [0.717, 1.165) is 43.2 Å². The van der Waals surface area contributed by atoms with E-state index in [9.17, 15) is 9.59 Å². The standard InChI is InChI=1S/C25H29N7O4/c1-35-20-8-4-7-19(20)32-13-15(12-27-32)16-5-3-6-17(23(16)36-2)28-18-11-21(29-25(34)14-9-10-14)30-31-22(18)24(26)33/h3,5-6,11-14,19-20H,4,7-10H2,1-2H3,(H2,26,33)(H2,28,29,30,34)/t19-,20+/m1/s1. The van der Waals surface area contributed by atoms with Crippen LogP contribution in [0.25, 0.3) is 11.1 Å². The number of benzene rings is 1. The number of nitrogens with one attached hydrogen (secondary N) is 2. The molecule has 4 N–H and O–H groups in total. The van der Waals surface area contributed by atoms with E-state index in [1.54, 1.807) is 26.5 Å². The molecule has 36 heavy (non-hydrogen) atoms. The molecule has 0 unspecified atom stereocenters. The van der Waals surface area contributed by atoms with Crippen LogP contribution in [0.4, 0.5) is 17.2 Å². The van der Waals surface area contributed by atoms with Gasteiger partial charge in [-0.2, -0.15) is 5.10 Å². The molecule has 2 saturated carbocycles. The summed E-state index contributed by atoms with van der Waals surface area (Å²) in [5.74, 6) is -0.0647. The van der Waals surface area contributed by atoms with Gasteiger partial charge in [0.15, 0.2) is 11.5 Å². The maximum Gasteiger partial charge on any atom is 0.271 e. The highest BCUT2D eigenvalue weighted by atomic mass is 16.5. The maximum atomic E-state index is 12.2. The molecule has 2 heterocycles. The average molecular weight is 492 g/mol. The van der Waals surface area contributed by atoms with Crippen molar-refractivity contribution in [1.29, 1.82) is 0 Å². The van der Waals surface area contributed by atoms with Gasteiger partial charge >= 0.3 is 0 Å². The summed E-state index contributed by atoms with van der Waals surface area (Å²) < 4.78 is 13.4. The quantitative estimate of drug-likeness (QED) is 0.413. The van der Waals surface area contributed by atoms with Crippen LogP contribution in [0.1, 0.15) is 48.6 Å². The Labute approximate surface area is 208 Å². The summed E-state index contributed by atoms with van der Waals surface area (Å²) in [6, 6.07) is 7.37. The molecule has 0 radical (unpaired) electrons. The van der Waals surface area contributed by atoms with Crippen molar-refractivity contribution >= 4 is 29.0 Å². The molecule has 188 valence electrons. The topological polar surface area (TPSA) is 146 Å². The second-order valence-corrected chi connectivity index (χ2v) is 9.11. The highest BCUT2D eigenvalue weighted by molar-refractivity contribution is 5.99. The Hall–Kier alpha value is -3.99. The molecule has 2 fully saturated rings. The minimum absolute atomic E-state index is 0.000110. The molecule has 0 bridgehead atoms. The number of carbonyl (C=O) groups is 2. The van der Waals surface area contributed by atoms with Crippen LogP contribution < -0.4 is 21.1 Å². The maximum absolute atomic E-state index is 12.2. The first-order valence-electron chi connectivity index (χ1n) is 12.0. The van der Waals surface area contributed by atoms with Crippen LogP contribution in [-0.4, -0.2) is 52.1 Å². The number of ether oxygens (including phenoxy) is 2. The Bertz CT molecular complexity index is 1290. The predicted molar refractivity (Wildman–Crippen MR) is 133 cm³/mol. The summed E-state index contributed by atoms with van der Waals surface area (Å²) in [4.78, 5) is 24.2. The highest BCUT2D eigenvalue weighted by Crippen LogP contribution is 2.40. The van der Waals surface area contributed by atoms with E-state index < -0.39 is 5.91 Å². The molecule has 11 nitrogen and oxygen atoms in total. The fourth-order valence-electron chi connectivity index (χ4n) is 4.67. The zero-order chi connectivity index (χ0) is 25.2. The third-order valence-electron chi connectivity index (χ3n) is 6.69. The van der Waals surface area contributed by atoms with Gasteiger partial charge in [-0.3, -0.25) is 14.3 Å². The van der Waals surface area contributed by atoms with Crippen molar-refractivity contribution in [2.24, 2.45) is 11.7 Å². The zero-order valence-electron chi connectivity index (χ0n) is 20.2. The number of nitrogens with two attached hydrogens (primary N) is 1. The number of hydrogen-bond donors (Lipinski definition) is 3. The first-order valence-corrected chi connectivity index (χ1v) is 12.0. The average Bonchev–Trinajstić information content (AvgIpc) is 3.42. The number of aromatic nitrogens is 4. The van der Waals surface area contributed by atoms with Gasteiger partial charge in [0.2, 0.25) is 5.91 Å². The van der Waals surface area contributed by atoms with Gasteiger partial charge in [-0.1, -0.05) is 12.1 Å². The van der Waals surface area contributed by atoms with Crippen molar-refractivity contribution in [3.8, 4) is 16.9 Å². The summed E-state index contributed by atoms with van der Waals surface area (Å²) in [5, 5.41) is 18.4. The van der Waals surface area contributed by atoms with Gasteiger partial charge in [0.05, 0.1) is 36.8 Å². The number of para-hydroxylation sites is 1. The van der Waals surface area contributed by atoms with Crippen LogP contribution in [0.15, 0.2) is 36.7 Å². The lowest BCUT2D eigenvalue weighted by Gasteiger charge is -2.18. The molecule has 5 rings (SSSR count). The van der Waals surface area contributed by atoms with Crippen LogP contribution in [0.5, 0.6) is 5.75 Å². The number of primary amides is 1. The van der Waals surface area contributed by atoms with Gasteiger partial charge in [0.1, 0.15) is 5.75 Å². The Kier molecular flexibility index (Phi) is 6.55. The van der Waals surface area contributed by atoms with Crippen molar-refractivity contribution in [2.75, 3.05) is 24.9 Å². The van der Waals surface area contributed by atoms with E-state index in [-0.39, 0.29) is 35.5 Å². The molecule has 3 aromatic rings. The van der Waals surface area contributed by atoms with E-state index in [0.29, 0.717) is 17.1 Å². The minimum atomic E-state index is -0.745. The molecule has 2 atom stereocenters. The van der Waals surface area contributed by atoms with Gasteiger partial charge in [-0.25, -0.2) is 0 Å².